The third-order valence-corrected chi connectivity index (χ3v) is 5.67. The van der Waals surface area contributed by atoms with Gasteiger partial charge in [0.15, 0.2) is 0 Å². The Morgan fingerprint density at radius 2 is 2.04 bits per heavy atom. The molecule has 0 saturated heterocycles. The molecule has 1 aromatic carbocycles. The Bertz CT molecular complexity index is 875. The summed E-state index contributed by atoms with van der Waals surface area (Å²) in [4.78, 5) is 17.0. The summed E-state index contributed by atoms with van der Waals surface area (Å²) in [5.74, 6) is 0.0366. The maximum atomic E-state index is 13.2. The van der Waals surface area contributed by atoms with Gasteiger partial charge in [0, 0.05) is 22.9 Å². The van der Waals surface area contributed by atoms with Crippen molar-refractivity contribution in [2.75, 3.05) is 12.3 Å². The quantitative estimate of drug-likeness (QED) is 0.607. The zero-order valence-corrected chi connectivity index (χ0v) is 15.3. The fraction of sp³-hybridized carbons (Fsp3) is 0.294. The van der Waals surface area contributed by atoms with Crippen LogP contribution in [0.2, 0.25) is 0 Å². The van der Waals surface area contributed by atoms with E-state index in [9.17, 15) is 18.0 Å². The molecule has 0 bridgehead atoms. The predicted octanol–water partition coefficient (Wildman–Crippen LogP) is 4.17. The molecule has 2 aromatic heterocycles. The van der Waals surface area contributed by atoms with E-state index < -0.39 is 24.5 Å². The lowest BCUT2D eigenvalue weighted by atomic mass is 10.3. The molecule has 0 saturated carbocycles. The van der Waals surface area contributed by atoms with Gasteiger partial charge >= 0.3 is 6.18 Å². The minimum absolute atomic E-state index is 0.221. The standard InChI is InChI=1S/C17H16F3N3OS2/c18-17(19,20)16-22-13-5-1-2-6-14(13)23(16)10-15(24)21-7-9-25-11-12-4-3-8-26-12/h1-6,8H,7,9-11H2,(H,21,24). The highest BCUT2D eigenvalue weighted by atomic mass is 32.2. The smallest absolute Gasteiger partial charge is 0.354 e. The van der Waals surface area contributed by atoms with E-state index in [0.29, 0.717) is 17.8 Å². The number of carbonyl (C=O) groups is 1. The van der Waals surface area contributed by atoms with Crippen LogP contribution in [-0.2, 0) is 23.3 Å². The summed E-state index contributed by atoms with van der Waals surface area (Å²) in [6, 6.07) is 10.3. The second-order valence-electron chi connectivity index (χ2n) is 5.49. The number of amides is 1. The maximum absolute atomic E-state index is 13.2. The molecule has 0 atom stereocenters. The Balaban J connectivity index is 1.58. The first-order valence-corrected chi connectivity index (χ1v) is 9.88. The van der Waals surface area contributed by atoms with Gasteiger partial charge in [0.1, 0.15) is 6.54 Å². The number of thioether (sulfide) groups is 1. The van der Waals surface area contributed by atoms with Crippen LogP contribution in [0.1, 0.15) is 10.7 Å². The Hall–Kier alpha value is -2.00. The molecule has 0 aliphatic carbocycles. The van der Waals surface area contributed by atoms with Crippen molar-refractivity contribution in [3.63, 3.8) is 0 Å². The summed E-state index contributed by atoms with van der Waals surface area (Å²) in [6.45, 7) is -0.00615. The summed E-state index contributed by atoms with van der Waals surface area (Å²) >= 11 is 3.34. The van der Waals surface area contributed by atoms with Crippen LogP contribution >= 0.6 is 23.1 Å². The Kier molecular flexibility index (Phi) is 5.87. The van der Waals surface area contributed by atoms with E-state index in [0.717, 1.165) is 10.3 Å². The number of aromatic nitrogens is 2. The van der Waals surface area contributed by atoms with Crippen molar-refractivity contribution in [1.29, 1.82) is 0 Å². The molecular weight excluding hydrogens is 383 g/mol. The van der Waals surface area contributed by atoms with E-state index in [1.165, 1.54) is 17.0 Å². The summed E-state index contributed by atoms with van der Waals surface area (Å²) < 4.78 is 40.5. The van der Waals surface area contributed by atoms with Gasteiger partial charge in [-0.2, -0.15) is 24.9 Å². The zero-order chi connectivity index (χ0) is 18.6. The third-order valence-electron chi connectivity index (χ3n) is 3.60. The highest BCUT2D eigenvalue weighted by Crippen LogP contribution is 2.31. The first-order valence-electron chi connectivity index (χ1n) is 7.84. The van der Waals surface area contributed by atoms with E-state index in [1.54, 1.807) is 35.2 Å². The molecule has 1 N–H and O–H groups in total. The highest BCUT2D eigenvalue weighted by Gasteiger charge is 2.37. The van der Waals surface area contributed by atoms with Crippen molar-refractivity contribution < 1.29 is 18.0 Å². The van der Waals surface area contributed by atoms with Crippen LogP contribution in [-0.4, -0.2) is 27.8 Å². The number of nitrogens with one attached hydrogen (secondary N) is 1. The van der Waals surface area contributed by atoms with Gasteiger partial charge in [0.25, 0.3) is 0 Å². The molecule has 0 spiro atoms. The predicted molar refractivity (Wildman–Crippen MR) is 98.2 cm³/mol. The molecule has 0 aliphatic heterocycles. The van der Waals surface area contributed by atoms with Crippen LogP contribution < -0.4 is 5.32 Å². The molecule has 26 heavy (non-hydrogen) atoms. The molecule has 0 radical (unpaired) electrons. The molecule has 0 aliphatic rings. The minimum atomic E-state index is -4.62. The number of alkyl halides is 3. The number of para-hydroxylation sites is 2. The molecule has 2 heterocycles. The summed E-state index contributed by atoms with van der Waals surface area (Å²) in [5, 5.41) is 4.68. The molecular formula is C17H16F3N3OS2. The first kappa shape index (κ1) is 18.8. The Morgan fingerprint density at radius 1 is 1.23 bits per heavy atom. The molecule has 9 heteroatoms. The summed E-state index contributed by atoms with van der Waals surface area (Å²) in [5.41, 5.74) is 0.515. The Morgan fingerprint density at radius 3 is 2.77 bits per heavy atom. The van der Waals surface area contributed by atoms with Crippen LogP contribution in [0.3, 0.4) is 0 Å². The number of thiophene rings is 1. The number of halogens is 3. The lowest BCUT2D eigenvalue weighted by molar-refractivity contribution is -0.147. The van der Waals surface area contributed by atoms with Gasteiger partial charge in [-0.25, -0.2) is 4.98 Å². The molecule has 1 amide bonds. The fourth-order valence-electron chi connectivity index (χ4n) is 2.48. The number of rotatable bonds is 7. The van der Waals surface area contributed by atoms with E-state index in [-0.39, 0.29) is 5.52 Å². The number of benzene rings is 1. The molecule has 3 rings (SSSR count). The van der Waals surface area contributed by atoms with Crippen molar-refractivity contribution in [2.45, 2.75) is 18.5 Å². The Labute approximate surface area is 156 Å². The lowest BCUT2D eigenvalue weighted by Gasteiger charge is -2.11. The SMILES string of the molecule is O=C(Cn1c(C(F)(F)F)nc2ccccc21)NCCSCc1cccs1. The van der Waals surface area contributed by atoms with Crippen molar-refractivity contribution in [3.05, 3.63) is 52.5 Å². The van der Waals surface area contributed by atoms with Crippen molar-refractivity contribution >= 4 is 40.0 Å². The van der Waals surface area contributed by atoms with Gasteiger partial charge in [-0.05, 0) is 23.6 Å². The van der Waals surface area contributed by atoms with Gasteiger partial charge in [-0.3, -0.25) is 4.79 Å². The second-order valence-corrected chi connectivity index (χ2v) is 7.63. The van der Waals surface area contributed by atoms with Crippen molar-refractivity contribution in [2.24, 2.45) is 0 Å². The number of fused-ring (bicyclic) bond motifs is 1. The second kappa shape index (κ2) is 8.13. The van der Waals surface area contributed by atoms with Crippen LogP contribution in [0.4, 0.5) is 13.2 Å². The van der Waals surface area contributed by atoms with Gasteiger partial charge in [0.05, 0.1) is 11.0 Å². The molecule has 0 fully saturated rings. The number of hydrogen-bond donors (Lipinski definition) is 1. The van der Waals surface area contributed by atoms with Gasteiger partial charge in [-0.1, -0.05) is 18.2 Å². The number of imidazole rings is 1. The van der Waals surface area contributed by atoms with Crippen LogP contribution in [0.5, 0.6) is 0 Å². The average Bonchev–Trinajstić information content (AvgIpc) is 3.22. The fourth-order valence-corrected chi connectivity index (χ4v) is 4.18. The van der Waals surface area contributed by atoms with Crippen molar-refractivity contribution in [3.8, 4) is 0 Å². The average molecular weight is 399 g/mol. The number of carbonyl (C=O) groups excluding carboxylic acids is 1. The van der Waals surface area contributed by atoms with Crippen molar-refractivity contribution in [1.82, 2.24) is 14.9 Å². The van der Waals surface area contributed by atoms with E-state index >= 15 is 0 Å². The molecule has 4 nitrogen and oxygen atoms in total. The van der Waals surface area contributed by atoms with E-state index in [4.69, 9.17) is 0 Å². The monoisotopic (exact) mass is 399 g/mol. The zero-order valence-electron chi connectivity index (χ0n) is 13.6. The normalized spacial score (nSPS) is 11.8. The van der Waals surface area contributed by atoms with Gasteiger partial charge < -0.3 is 9.88 Å². The summed E-state index contributed by atoms with van der Waals surface area (Å²) in [7, 11) is 0. The number of hydrogen-bond acceptors (Lipinski definition) is 4. The maximum Gasteiger partial charge on any atom is 0.449 e. The van der Waals surface area contributed by atoms with E-state index in [2.05, 4.69) is 10.3 Å². The largest absolute Gasteiger partial charge is 0.449 e. The third kappa shape index (κ3) is 4.59. The summed E-state index contributed by atoms with van der Waals surface area (Å²) in [6.07, 6.45) is -4.62. The van der Waals surface area contributed by atoms with Gasteiger partial charge in [-0.15, -0.1) is 11.3 Å². The van der Waals surface area contributed by atoms with Crippen LogP contribution in [0.15, 0.2) is 41.8 Å². The molecule has 0 unspecified atom stereocenters. The molecule has 3 aromatic rings. The lowest BCUT2D eigenvalue weighted by Crippen LogP contribution is -2.31. The van der Waals surface area contributed by atoms with E-state index in [1.807, 2.05) is 17.5 Å². The highest BCUT2D eigenvalue weighted by molar-refractivity contribution is 7.98. The van der Waals surface area contributed by atoms with Crippen LogP contribution in [0, 0.1) is 0 Å². The van der Waals surface area contributed by atoms with Crippen LogP contribution in [0.25, 0.3) is 11.0 Å². The van der Waals surface area contributed by atoms with Gasteiger partial charge in [0.2, 0.25) is 11.7 Å². The molecule has 138 valence electrons. The number of nitrogens with zero attached hydrogens (tertiary/aromatic N) is 2. The minimum Gasteiger partial charge on any atom is -0.354 e. The first-order chi connectivity index (χ1) is 12.4. The topological polar surface area (TPSA) is 46.9 Å².